The van der Waals surface area contributed by atoms with E-state index in [2.05, 4.69) is 4.72 Å². The van der Waals surface area contributed by atoms with Crippen LogP contribution >= 0.6 is 23.5 Å². The first-order valence-corrected chi connectivity index (χ1v) is 10.9. The van der Waals surface area contributed by atoms with Crippen molar-refractivity contribution in [2.45, 2.75) is 58.8 Å². The number of carbonyl (C=O) groups excluding carboxylic acids is 1. The van der Waals surface area contributed by atoms with E-state index in [-0.39, 0.29) is 28.8 Å². The van der Waals surface area contributed by atoms with Crippen molar-refractivity contribution < 1.29 is 13.9 Å². The first kappa shape index (κ1) is 23.7. The van der Waals surface area contributed by atoms with Gasteiger partial charge in [-0.25, -0.2) is 4.39 Å². The minimum Gasteiger partial charge on any atom is -0.466 e. The number of halogens is 2. The molecule has 1 atom stereocenters. The van der Waals surface area contributed by atoms with Crippen LogP contribution in [0.15, 0.2) is 30.3 Å². The Morgan fingerprint density at radius 3 is 2.41 bits per heavy atom. The van der Waals surface area contributed by atoms with Crippen molar-refractivity contribution in [3.63, 3.8) is 0 Å². The summed E-state index contributed by atoms with van der Waals surface area (Å²) >= 11 is 7.73. The number of esters is 1. The number of aryl methyl sites for hydroxylation is 2. The molecule has 29 heavy (non-hydrogen) atoms. The van der Waals surface area contributed by atoms with Crippen LogP contribution < -0.4 is 4.72 Å². The zero-order valence-corrected chi connectivity index (χ0v) is 19.4. The molecule has 6 heteroatoms. The fourth-order valence-corrected chi connectivity index (χ4v) is 4.06. The lowest BCUT2D eigenvalue weighted by Crippen LogP contribution is -2.25. The fourth-order valence-electron chi connectivity index (χ4n) is 3.13. The largest absolute Gasteiger partial charge is 0.466 e. The van der Waals surface area contributed by atoms with Crippen LogP contribution in [0.1, 0.15) is 56.8 Å². The summed E-state index contributed by atoms with van der Waals surface area (Å²) in [5.74, 6) is -0.898. The van der Waals surface area contributed by atoms with E-state index in [1.807, 2.05) is 52.8 Å². The van der Waals surface area contributed by atoms with Crippen LogP contribution in [0.4, 0.5) is 4.39 Å². The first-order chi connectivity index (χ1) is 13.5. The number of hydrogen-bond donors (Lipinski definition) is 1. The normalized spacial score (nSPS) is 12.7. The number of carbonyl (C=O) groups is 1. The molecule has 1 N–H and O–H groups in total. The van der Waals surface area contributed by atoms with Crippen molar-refractivity contribution in [2.24, 2.45) is 0 Å². The van der Waals surface area contributed by atoms with Gasteiger partial charge in [-0.2, -0.15) is 0 Å². The summed E-state index contributed by atoms with van der Waals surface area (Å²) in [6.45, 7) is 12.2. The molecular formula is C23H29ClFNO2S. The molecule has 0 saturated carbocycles. The van der Waals surface area contributed by atoms with Gasteiger partial charge < -0.3 is 4.74 Å². The number of benzene rings is 2. The molecule has 2 aromatic carbocycles. The Kier molecular flexibility index (Phi) is 8.15. The predicted octanol–water partition coefficient (Wildman–Crippen LogP) is 6.79. The monoisotopic (exact) mass is 437 g/mol. The quantitative estimate of drug-likeness (QED) is 0.382. The van der Waals surface area contributed by atoms with Crippen LogP contribution in [0.5, 0.6) is 0 Å². The molecule has 0 fully saturated rings. The minimum atomic E-state index is -0.569. The lowest BCUT2D eigenvalue weighted by atomic mass is 9.92. The maximum Gasteiger partial charge on any atom is 0.307 e. The summed E-state index contributed by atoms with van der Waals surface area (Å²) < 4.78 is 23.3. The SMILES string of the molecule is CCOC(=O)C[C@H](NSC(C)(C)C)c1cc(-c2c(C)cccc2C)cc(Cl)c1F. The third kappa shape index (κ3) is 6.46. The standard InChI is InChI=1S/C23H29ClFNO2S/c1-7-28-20(27)13-19(26-29-23(4,5)6)17-11-16(12-18(24)22(17)25)21-14(2)9-8-10-15(21)3/h8-12,19,26H,7,13H2,1-6H3/t19-/m0/s1. The molecule has 158 valence electrons. The summed E-state index contributed by atoms with van der Waals surface area (Å²) in [6.07, 6.45) is 0.0143. The van der Waals surface area contributed by atoms with Crippen molar-refractivity contribution in [2.75, 3.05) is 6.61 Å². The smallest absolute Gasteiger partial charge is 0.307 e. The van der Waals surface area contributed by atoms with Gasteiger partial charge in [0, 0.05) is 10.3 Å². The highest BCUT2D eigenvalue weighted by molar-refractivity contribution is 7.98. The molecule has 0 saturated heterocycles. The number of ether oxygens (including phenoxy) is 1. The van der Waals surface area contributed by atoms with Crippen LogP contribution in [-0.4, -0.2) is 17.3 Å². The number of hydrogen-bond acceptors (Lipinski definition) is 4. The van der Waals surface area contributed by atoms with Gasteiger partial charge >= 0.3 is 5.97 Å². The van der Waals surface area contributed by atoms with Gasteiger partial charge in [-0.05, 0) is 75.9 Å². The second-order valence-corrected chi connectivity index (χ2v) is 10.1. The summed E-state index contributed by atoms with van der Waals surface area (Å²) in [4.78, 5) is 12.2. The van der Waals surface area contributed by atoms with Crippen LogP contribution in [0.3, 0.4) is 0 Å². The van der Waals surface area contributed by atoms with Crippen LogP contribution in [0.2, 0.25) is 5.02 Å². The van der Waals surface area contributed by atoms with Crippen LogP contribution in [0.25, 0.3) is 11.1 Å². The Hall–Kier alpha value is -1.56. The molecule has 0 aliphatic rings. The molecule has 2 aromatic rings. The Bertz CT molecular complexity index is 860. The Morgan fingerprint density at radius 2 is 1.86 bits per heavy atom. The number of nitrogens with one attached hydrogen (secondary N) is 1. The zero-order chi connectivity index (χ0) is 21.8. The van der Waals surface area contributed by atoms with E-state index in [1.54, 1.807) is 19.1 Å². The third-order valence-electron chi connectivity index (χ3n) is 4.39. The molecule has 3 nitrogen and oxygen atoms in total. The first-order valence-electron chi connectivity index (χ1n) is 9.68. The van der Waals surface area contributed by atoms with Crippen LogP contribution in [-0.2, 0) is 9.53 Å². The maximum atomic E-state index is 15.1. The maximum absolute atomic E-state index is 15.1. The van der Waals surface area contributed by atoms with Crippen molar-refractivity contribution in [3.8, 4) is 11.1 Å². The molecule has 0 heterocycles. The van der Waals surface area contributed by atoms with Gasteiger partial charge in [-0.1, -0.05) is 41.7 Å². The van der Waals surface area contributed by atoms with Crippen LogP contribution in [0, 0.1) is 19.7 Å². The lowest BCUT2D eigenvalue weighted by Gasteiger charge is -2.25. The van der Waals surface area contributed by atoms with E-state index in [1.165, 1.54) is 11.9 Å². The summed E-state index contributed by atoms with van der Waals surface area (Å²) in [7, 11) is 0. The van der Waals surface area contributed by atoms with E-state index in [0.717, 1.165) is 22.3 Å². The molecule has 0 spiro atoms. The molecule has 0 aliphatic heterocycles. The van der Waals surface area contributed by atoms with E-state index in [9.17, 15) is 4.79 Å². The molecule has 0 aromatic heterocycles. The van der Waals surface area contributed by atoms with E-state index in [0.29, 0.717) is 5.56 Å². The van der Waals surface area contributed by atoms with Gasteiger partial charge in [0.05, 0.1) is 24.1 Å². The molecule has 0 aliphatic carbocycles. The zero-order valence-electron chi connectivity index (χ0n) is 17.9. The Morgan fingerprint density at radius 1 is 1.24 bits per heavy atom. The topological polar surface area (TPSA) is 38.3 Å². The average molecular weight is 438 g/mol. The number of rotatable bonds is 7. The second kappa shape index (κ2) is 9.96. The van der Waals surface area contributed by atoms with Gasteiger partial charge in [-0.15, -0.1) is 0 Å². The highest BCUT2D eigenvalue weighted by Gasteiger charge is 2.25. The van der Waals surface area contributed by atoms with Crippen molar-refractivity contribution in [3.05, 3.63) is 57.9 Å². The van der Waals surface area contributed by atoms with Crippen molar-refractivity contribution in [1.82, 2.24) is 4.72 Å². The van der Waals surface area contributed by atoms with E-state index >= 15 is 4.39 Å². The fraction of sp³-hybridized carbons (Fsp3) is 0.435. The summed E-state index contributed by atoms with van der Waals surface area (Å²) in [6, 6.07) is 8.89. The molecule has 0 radical (unpaired) electrons. The van der Waals surface area contributed by atoms with E-state index < -0.39 is 11.9 Å². The van der Waals surface area contributed by atoms with Crippen molar-refractivity contribution in [1.29, 1.82) is 0 Å². The molecule has 0 bridgehead atoms. The molecular weight excluding hydrogens is 409 g/mol. The van der Waals surface area contributed by atoms with Gasteiger partial charge in [0.25, 0.3) is 0 Å². The summed E-state index contributed by atoms with van der Waals surface area (Å²) in [5, 5.41) is 0.0385. The van der Waals surface area contributed by atoms with Crippen molar-refractivity contribution >= 4 is 29.5 Å². The molecule has 2 rings (SSSR count). The summed E-state index contributed by atoms with van der Waals surface area (Å²) in [5.41, 5.74) is 4.38. The van der Waals surface area contributed by atoms with Gasteiger partial charge in [0.15, 0.2) is 0 Å². The second-order valence-electron chi connectivity index (χ2n) is 8.02. The van der Waals surface area contributed by atoms with Gasteiger partial charge in [0.1, 0.15) is 5.82 Å². The van der Waals surface area contributed by atoms with Gasteiger partial charge in [-0.3, -0.25) is 9.52 Å². The molecule has 0 unspecified atom stereocenters. The Balaban J connectivity index is 2.53. The Labute approximate surface area is 182 Å². The third-order valence-corrected chi connectivity index (χ3v) is 5.67. The highest BCUT2D eigenvalue weighted by atomic mass is 35.5. The minimum absolute atomic E-state index is 0.0143. The molecule has 0 amide bonds. The van der Waals surface area contributed by atoms with E-state index in [4.69, 9.17) is 16.3 Å². The highest BCUT2D eigenvalue weighted by Crippen LogP contribution is 2.36. The van der Waals surface area contributed by atoms with Gasteiger partial charge in [0.2, 0.25) is 0 Å². The average Bonchev–Trinajstić information content (AvgIpc) is 2.61. The lowest BCUT2D eigenvalue weighted by molar-refractivity contribution is -0.143. The predicted molar refractivity (Wildman–Crippen MR) is 121 cm³/mol.